The molecule has 0 saturated heterocycles. The predicted molar refractivity (Wildman–Crippen MR) is 95.5 cm³/mol. The number of carboxylic acids is 1. The number of alkyl halides is 3. The molecular formula is C18H14F6MgN4O3. The number of rotatable bonds is 5. The zero-order valence-corrected chi connectivity index (χ0v) is 17.7. The fourth-order valence-corrected chi connectivity index (χ4v) is 3.36. The molecule has 0 spiro atoms. The first kappa shape index (κ1) is 25.9. The summed E-state index contributed by atoms with van der Waals surface area (Å²) in [6.07, 6.45) is -5.82. The van der Waals surface area contributed by atoms with Gasteiger partial charge in [0, 0.05) is 25.6 Å². The Morgan fingerprint density at radius 2 is 1.75 bits per heavy atom. The van der Waals surface area contributed by atoms with E-state index in [-0.39, 0.29) is 47.4 Å². The number of imidazole rings is 1. The molecule has 0 aliphatic carbocycles. The number of amides is 1. The van der Waals surface area contributed by atoms with Crippen molar-refractivity contribution in [2.24, 2.45) is 0 Å². The monoisotopic (exact) mass is 472 g/mol. The van der Waals surface area contributed by atoms with Gasteiger partial charge in [-0.2, -0.15) is 13.2 Å². The van der Waals surface area contributed by atoms with Crippen LogP contribution in [0.2, 0.25) is 0 Å². The van der Waals surface area contributed by atoms with Crippen LogP contribution in [0.4, 0.5) is 26.3 Å². The molecule has 1 amide bonds. The Kier molecular flexibility index (Phi) is 7.83. The van der Waals surface area contributed by atoms with E-state index in [1.165, 1.54) is 0 Å². The van der Waals surface area contributed by atoms with Gasteiger partial charge in [0.15, 0.2) is 11.6 Å². The molecule has 1 atom stereocenters. The first-order valence-corrected chi connectivity index (χ1v) is 8.88. The third-order valence-corrected chi connectivity index (χ3v) is 4.78. The van der Waals surface area contributed by atoms with E-state index in [9.17, 15) is 41.0 Å². The summed E-state index contributed by atoms with van der Waals surface area (Å²) in [6.45, 7) is -1.09. The average Bonchev–Trinajstić information content (AvgIpc) is 3.05. The molecule has 3 rings (SSSR count). The molecule has 2 heterocycles. The van der Waals surface area contributed by atoms with E-state index < -0.39 is 72.5 Å². The molecule has 0 saturated carbocycles. The normalized spacial score (nSPS) is 14.5. The van der Waals surface area contributed by atoms with Gasteiger partial charge in [0.1, 0.15) is 11.5 Å². The van der Waals surface area contributed by atoms with Crippen LogP contribution in [0, 0.1) is 17.5 Å². The Balaban J connectivity index is 0.00000363. The number of hydrogen-bond acceptors (Lipinski definition) is 4. The summed E-state index contributed by atoms with van der Waals surface area (Å²) in [4.78, 5) is 27.8. The number of halogens is 6. The second kappa shape index (κ2) is 9.66. The van der Waals surface area contributed by atoms with Gasteiger partial charge in [0.2, 0.25) is 11.7 Å². The Labute approximate surface area is 193 Å². The van der Waals surface area contributed by atoms with E-state index in [1.54, 1.807) is 0 Å². The fraction of sp³-hybridized carbons (Fsp3) is 0.389. The first-order valence-electron chi connectivity index (χ1n) is 8.88. The summed E-state index contributed by atoms with van der Waals surface area (Å²) in [7, 11) is 0. The number of hydrogen-bond donors (Lipinski definition) is 0. The standard InChI is InChI=1S/C18H15F6N4O3.Mg/c19-10-6-12(21)11(20)4-8(10)3-9(25)5-14(29)27-1-2-28-13(7-27)15(16(30)31)26-17(28)18(22,23)24;/h4,6,9,25H,1-3,5,7H2,(H,30,31);/q-1;+2/p-1/t9-;/m1./s1. The fourth-order valence-electron chi connectivity index (χ4n) is 3.36. The van der Waals surface area contributed by atoms with Crippen LogP contribution < -0.4 is 5.11 Å². The predicted octanol–water partition coefficient (Wildman–Crippen LogP) is 1.70. The molecule has 1 aliphatic rings. The van der Waals surface area contributed by atoms with Crippen molar-refractivity contribution in [3.05, 3.63) is 58.1 Å². The zero-order valence-electron chi connectivity index (χ0n) is 16.3. The molecule has 168 valence electrons. The molecule has 1 aromatic heterocycles. The Hall–Kier alpha value is -2.32. The molecule has 0 bridgehead atoms. The van der Waals surface area contributed by atoms with E-state index in [1.807, 2.05) is 0 Å². The van der Waals surface area contributed by atoms with Gasteiger partial charge in [-0.3, -0.25) is 4.79 Å². The van der Waals surface area contributed by atoms with Crippen molar-refractivity contribution in [1.29, 1.82) is 0 Å². The molecule has 7 nitrogen and oxygen atoms in total. The minimum absolute atomic E-state index is 0. The summed E-state index contributed by atoms with van der Waals surface area (Å²) in [5.74, 6) is -7.83. The number of aromatic nitrogens is 2. The largest absolute Gasteiger partial charge is 2.00 e. The van der Waals surface area contributed by atoms with Crippen LogP contribution in [0.3, 0.4) is 0 Å². The Morgan fingerprint density at radius 3 is 2.34 bits per heavy atom. The maximum absolute atomic E-state index is 13.7. The van der Waals surface area contributed by atoms with E-state index in [0.29, 0.717) is 16.7 Å². The SMILES string of the molecule is [Mg+2].[NH-][C@@H](CC(=O)N1CCn2c(C(F)(F)F)nc(C(=O)[O-])c2C1)Cc1cc(F)c(F)cc1F. The number of benzene rings is 1. The van der Waals surface area contributed by atoms with Crippen molar-refractivity contribution in [2.45, 2.75) is 38.1 Å². The van der Waals surface area contributed by atoms with Crippen LogP contribution in [0.25, 0.3) is 5.73 Å². The molecular weight excluding hydrogens is 459 g/mol. The van der Waals surface area contributed by atoms with E-state index >= 15 is 0 Å². The third-order valence-electron chi connectivity index (χ3n) is 4.78. The van der Waals surface area contributed by atoms with Crippen LogP contribution in [0.1, 0.15) is 34.0 Å². The second-order valence-electron chi connectivity index (χ2n) is 6.95. The minimum atomic E-state index is -4.91. The van der Waals surface area contributed by atoms with Gasteiger partial charge in [0.25, 0.3) is 0 Å². The van der Waals surface area contributed by atoms with Crippen molar-refractivity contribution < 1.29 is 41.0 Å². The van der Waals surface area contributed by atoms with Gasteiger partial charge in [-0.25, -0.2) is 18.2 Å². The maximum atomic E-state index is 13.7. The molecule has 0 fully saturated rings. The summed E-state index contributed by atoms with van der Waals surface area (Å²) < 4.78 is 79.9. The summed E-state index contributed by atoms with van der Waals surface area (Å²) >= 11 is 0. The smallest absolute Gasteiger partial charge is 0.674 e. The van der Waals surface area contributed by atoms with Crippen LogP contribution in [-0.2, 0) is 30.5 Å². The average molecular weight is 473 g/mol. The van der Waals surface area contributed by atoms with Crippen LogP contribution in [0.15, 0.2) is 12.1 Å². The topological polar surface area (TPSA) is 102 Å². The van der Waals surface area contributed by atoms with Crippen molar-refractivity contribution >= 4 is 34.9 Å². The number of aromatic carboxylic acids is 1. The summed E-state index contributed by atoms with van der Waals surface area (Å²) in [5, 5.41) is 11.2. The number of nitrogens with one attached hydrogen (secondary N) is 1. The summed E-state index contributed by atoms with van der Waals surface area (Å²) in [6, 6.07) is -0.351. The van der Waals surface area contributed by atoms with E-state index in [4.69, 9.17) is 5.73 Å². The molecule has 0 unspecified atom stereocenters. The molecule has 1 N–H and O–H groups in total. The van der Waals surface area contributed by atoms with Crippen molar-refractivity contribution in [3.63, 3.8) is 0 Å². The summed E-state index contributed by atoms with van der Waals surface area (Å²) in [5.41, 5.74) is 6.32. The molecule has 0 radical (unpaired) electrons. The van der Waals surface area contributed by atoms with Gasteiger partial charge >= 0.3 is 29.2 Å². The number of carbonyl (C=O) groups is 2. The first-order chi connectivity index (χ1) is 14.4. The maximum Gasteiger partial charge on any atom is 2.00 e. The van der Waals surface area contributed by atoms with Crippen molar-refractivity contribution in [1.82, 2.24) is 14.5 Å². The van der Waals surface area contributed by atoms with Gasteiger partial charge in [-0.1, -0.05) is 0 Å². The Morgan fingerprint density at radius 1 is 1.12 bits per heavy atom. The number of nitrogens with zero attached hydrogens (tertiary/aromatic N) is 3. The number of fused-ring (bicyclic) bond motifs is 1. The van der Waals surface area contributed by atoms with Crippen LogP contribution >= 0.6 is 0 Å². The minimum Gasteiger partial charge on any atom is -0.674 e. The van der Waals surface area contributed by atoms with Gasteiger partial charge in [0.05, 0.1) is 18.2 Å². The second-order valence-corrected chi connectivity index (χ2v) is 6.95. The zero-order chi connectivity index (χ0) is 23.1. The van der Waals surface area contributed by atoms with Crippen molar-refractivity contribution in [2.75, 3.05) is 6.54 Å². The van der Waals surface area contributed by atoms with E-state index in [0.717, 1.165) is 4.90 Å². The van der Waals surface area contributed by atoms with Gasteiger partial charge in [-0.05, 0) is 18.1 Å². The van der Waals surface area contributed by atoms with Crippen molar-refractivity contribution in [3.8, 4) is 0 Å². The quantitative estimate of drug-likeness (QED) is 0.375. The Bertz CT molecular complexity index is 1040. The number of carbonyl (C=O) groups excluding carboxylic acids is 2. The molecule has 1 aromatic carbocycles. The number of carboxylic acid groups (broad SMARTS) is 1. The van der Waals surface area contributed by atoms with Gasteiger partial charge in [-0.15, -0.1) is 6.04 Å². The molecule has 1 aliphatic heterocycles. The molecule has 2 aromatic rings. The van der Waals surface area contributed by atoms with Gasteiger partial charge < -0.3 is 25.1 Å². The molecule has 14 heteroatoms. The third kappa shape index (κ3) is 5.35. The van der Waals surface area contributed by atoms with Crippen LogP contribution in [0.5, 0.6) is 0 Å². The van der Waals surface area contributed by atoms with Crippen LogP contribution in [-0.4, -0.2) is 62.0 Å². The molecule has 32 heavy (non-hydrogen) atoms. The van der Waals surface area contributed by atoms with E-state index in [2.05, 4.69) is 4.98 Å².